The van der Waals surface area contributed by atoms with E-state index in [1.165, 1.54) is 64.2 Å². The molecule has 2 nitrogen and oxygen atoms in total. The first kappa shape index (κ1) is 23.0. The van der Waals surface area contributed by atoms with Crippen molar-refractivity contribution in [1.82, 2.24) is 0 Å². The summed E-state index contributed by atoms with van der Waals surface area (Å²) in [6, 6.07) is 0. The molecular weight excluding hydrogens is 416 g/mol. The maximum atomic E-state index is 10.2. The molecule has 34 heavy (non-hydrogen) atoms. The Bertz CT molecular complexity index is 948. The van der Waals surface area contributed by atoms with Gasteiger partial charge in [-0.15, -0.1) is 0 Å². The summed E-state index contributed by atoms with van der Waals surface area (Å²) >= 11 is 0. The summed E-state index contributed by atoms with van der Waals surface area (Å²) in [5.41, 5.74) is 7.38. The van der Waals surface area contributed by atoms with Crippen molar-refractivity contribution in [3.8, 4) is 0 Å². The summed E-state index contributed by atoms with van der Waals surface area (Å²) in [6.45, 7) is 0.584. The highest BCUT2D eigenvalue weighted by Crippen LogP contribution is 2.76. The fourth-order valence-corrected chi connectivity index (χ4v) is 10.3. The van der Waals surface area contributed by atoms with E-state index in [1.54, 1.807) is 11.1 Å². The van der Waals surface area contributed by atoms with Crippen LogP contribution in [0.5, 0.6) is 0 Å². The third-order valence-corrected chi connectivity index (χ3v) is 11.0. The van der Waals surface area contributed by atoms with E-state index in [0.29, 0.717) is 30.3 Å². The standard InChI is InChI=1S/C32H44O2/c33-21-9-19-31(27-15-5-1-11-23(27)24-12-2-6-16-28(24)31)32(20-10-22-34)29-17-7-3-13-25(29)26-14-4-8-18-30(26)32/h1,3,5-7,16,23,25,27,29,33-34H,2,4,8-15,17-22H2. The molecule has 2 heteroatoms. The molecule has 0 bridgehead atoms. The Balaban J connectivity index is 1.63. The maximum Gasteiger partial charge on any atom is 0.0431 e. The average molecular weight is 461 g/mol. The molecule has 0 fully saturated rings. The monoisotopic (exact) mass is 460 g/mol. The summed E-state index contributed by atoms with van der Waals surface area (Å²) in [4.78, 5) is 0. The Morgan fingerprint density at radius 1 is 0.676 bits per heavy atom. The second-order valence-corrected chi connectivity index (χ2v) is 12.0. The van der Waals surface area contributed by atoms with Crippen molar-refractivity contribution < 1.29 is 10.2 Å². The molecule has 0 saturated heterocycles. The van der Waals surface area contributed by atoms with Crippen LogP contribution in [0.4, 0.5) is 0 Å². The zero-order chi connectivity index (χ0) is 23.2. The number of rotatable bonds is 7. The van der Waals surface area contributed by atoms with Gasteiger partial charge in [0.05, 0.1) is 0 Å². The minimum atomic E-state index is 0.106. The minimum absolute atomic E-state index is 0.106. The normalized spacial score (nSPS) is 40.4. The zero-order valence-corrected chi connectivity index (χ0v) is 21.0. The van der Waals surface area contributed by atoms with Gasteiger partial charge in [-0.2, -0.15) is 0 Å². The van der Waals surface area contributed by atoms with Crippen LogP contribution in [-0.4, -0.2) is 23.4 Å². The van der Waals surface area contributed by atoms with Gasteiger partial charge in [0.25, 0.3) is 0 Å². The molecule has 6 rings (SSSR count). The van der Waals surface area contributed by atoms with E-state index in [1.807, 2.05) is 11.1 Å². The van der Waals surface area contributed by atoms with Crippen molar-refractivity contribution in [2.75, 3.05) is 13.2 Å². The number of hydrogen-bond donors (Lipinski definition) is 2. The Morgan fingerprint density at radius 3 is 2.03 bits per heavy atom. The number of aliphatic hydroxyl groups excluding tert-OH is 2. The highest BCUT2D eigenvalue weighted by molar-refractivity contribution is 5.52. The Hall–Kier alpha value is -1.38. The third kappa shape index (κ3) is 3.07. The van der Waals surface area contributed by atoms with Crippen molar-refractivity contribution in [3.63, 3.8) is 0 Å². The van der Waals surface area contributed by atoms with Gasteiger partial charge in [0.15, 0.2) is 0 Å². The van der Waals surface area contributed by atoms with E-state index in [9.17, 15) is 10.2 Å². The van der Waals surface area contributed by atoms with Gasteiger partial charge < -0.3 is 10.2 Å². The van der Waals surface area contributed by atoms with Gasteiger partial charge in [-0.1, -0.05) is 53.2 Å². The number of aliphatic hydroxyl groups is 2. The number of allylic oxidation sites excluding steroid dienone is 10. The van der Waals surface area contributed by atoms with E-state index < -0.39 is 0 Å². The fourth-order valence-electron chi connectivity index (χ4n) is 10.3. The van der Waals surface area contributed by atoms with Gasteiger partial charge in [-0.3, -0.25) is 0 Å². The van der Waals surface area contributed by atoms with Crippen molar-refractivity contribution >= 4 is 0 Å². The van der Waals surface area contributed by atoms with Gasteiger partial charge in [0, 0.05) is 24.0 Å². The summed E-state index contributed by atoms with van der Waals surface area (Å²) in [5.74, 6) is 2.70. The molecule has 0 aromatic rings. The molecule has 0 aromatic carbocycles. The fraction of sp³-hybridized carbons (Fsp3) is 0.688. The van der Waals surface area contributed by atoms with Gasteiger partial charge in [0.2, 0.25) is 0 Å². The molecule has 6 aliphatic carbocycles. The van der Waals surface area contributed by atoms with E-state index in [0.717, 1.165) is 25.7 Å². The second-order valence-electron chi connectivity index (χ2n) is 12.0. The smallest absolute Gasteiger partial charge is 0.0431 e. The first-order valence-electron chi connectivity index (χ1n) is 14.4. The molecule has 6 atom stereocenters. The van der Waals surface area contributed by atoms with Crippen LogP contribution in [0.15, 0.2) is 58.7 Å². The summed E-state index contributed by atoms with van der Waals surface area (Å²) in [7, 11) is 0. The second kappa shape index (κ2) is 9.25. The van der Waals surface area contributed by atoms with Crippen LogP contribution >= 0.6 is 0 Å². The largest absolute Gasteiger partial charge is 0.396 e. The molecule has 0 radical (unpaired) electrons. The molecule has 6 unspecified atom stereocenters. The lowest BCUT2D eigenvalue weighted by Gasteiger charge is -2.59. The lowest BCUT2D eigenvalue weighted by atomic mass is 9.44. The molecule has 0 heterocycles. The van der Waals surface area contributed by atoms with Crippen molar-refractivity contribution in [1.29, 1.82) is 0 Å². The molecule has 2 N–H and O–H groups in total. The van der Waals surface area contributed by atoms with Crippen LogP contribution in [0.2, 0.25) is 0 Å². The average Bonchev–Trinajstić information content (AvgIpc) is 3.36. The summed E-state index contributed by atoms with van der Waals surface area (Å²) in [5, 5.41) is 20.4. The Labute approximate surface area is 206 Å². The SMILES string of the molecule is OCCCC1(C2(CCCO)C3=C(CCCC3)C3CC=CCC32)C2=C(CCC=C2)C2CC=CCC21. The number of fused-ring (bicyclic) bond motifs is 4. The van der Waals surface area contributed by atoms with Crippen LogP contribution in [0.25, 0.3) is 0 Å². The maximum absolute atomic E-state index is 10.2. The van der Waals surface area contributed by atoms with Crippen molar-refractivity contribution in [2.24, 2.45) is 34.5 Å². The highest BCUT2D eigenvalue weighted by atomic mass is 16.3. The molecular formula is C32H44O2. The molecule has 0 aliphatic heterocycles. The predicted octanol–water partition coefficient (Wildman–Crippen LogP) is 7.21. The molecule has 6 aliphatic rings. The highest BCUT2D eigenvalue weighted by Gasteiger charge is 2.68. The molecule has 0 spiro atoms. The quantitative estimate of drug-likeness (QED) is 0.394. The van der Waals surface area contributed by atoms with Gasteiger partial charge >= 0.3 is 0 Å². The van der Waals surface area contributed by atoms with Crippen LogP contribution in [0, 0.1) is 34.5 Å². The van der Waals surface area contributed by atoms with Gasteiger partial charge in [0.1, 0.15) is 0 Å². The van der Waals surface area contributed by atoms with Gasteiger partial charge in [-0.05, 0) is 119 Å². The van der Waals surface area contributed by atoms with E-state index in [2.05, 4.69) is 36.5 Å². The van der Waals surface area contributed by atoms with E-state index in [-0.39, 0.29) is 17.4 Å². The molecule has 0 saturated carbocycles. The zero-order valence-electron chi connectivity index (χ0n) is 21.0. The Morgan fingerprint density at radius 2 is 1.29 bits per heavy atom. The lowest BCUT2D eigenvalue weighted by molar-refractivity contribution is -0.0374. The summed E-state index contributed by atoms with van der Waals surface area (Å²) < 4.78 is 0. The first-order valence-corrected chi connectivity index (χ1v) is 14.4. The van der Waals surface area contributed by atoms with E-state index in [4.69, 9.17) is 0 Å². The van der Waals surface area contributed by atoms with Crippen molar-refractivity contribution in [2.45, 2.75) is 89.9 Å². The molecule has 0 aromatic heterocycles. The molecule has 0 amide bonds. The predicted molar refractivity (Wildman–Crippen MR) is 139 cm³/mol. The van der Waals surface area contributed by atoms with Gasteiger partial charge in [-0.25, -0.2) is 0 Å². The summed E-state index contributed by atoms with van der Waals surface area (Å²) in [6.07, 6.45) is 31.4. The topological polar surface area (TPSA) is 40.5 Å². The van der Waals surface area contributed by atoms with Crippen LogP contribution in [0.3, 0.4) is 0 Å². The lowest BCUT2D eigenvalue weighted by Crippen LogP contribution is -2.53. The molecule has 184 valence electrons. The first-order chi connectivity index (χ1) is 16.8. The van der Waals surface area contributed by atoms with Crippen molar-refractivity contribution in [3.05, 3.63) is 58.7 Å². The van der Waals surface area contributed by atoms with E-state index >= 15 is 0 Å². The van der Waals surface area contributed by atoms with Crippen LogP contribution in [0.1, 0.15) is 89.9 Å². The Kier molecular flexibility index (Phi) is 6.27. The van der Waals surface area contributed by atoms with Crippen LogP contribution < -0.4 is 0 Å². The minimum Gasteiger partial charge on any atom is -0.396 e. The van der Waals surface area contributed by atoms with Crippen LogP contribution in [-0.2, 0) is 0 Å². The number of hydrogen-bond acceptors (Lipinski definition) is 2. The third-order valence-electron chi connectivity index (χ3n) is 11.0.